The Balaban J connectivity index is 1.46. The number of carbonyl (C=O) groups excluding carboxylic acids is 1. The zero-order chi connectivity index (χ0) is 22.1. The second-order valence-corrected chi connectivity index (χ2v) is 7.86. The number of methoxy groups -OCH3 is 1. The number of aromatic nitrogens is 1. The zero-order valence-electron chi connectivity index (χ0n) is 17.0. The lowest BCUT2D eigenvalue weighted by Crippen LogP contribution is -2.11. The summed E-state index contributed by atoms with van der Waals surface area (Å²) in [7, 11) is 1.55. The number of benzene rings is 3. The number of furan rings is 1. The summed E-state index contributed by atoms with van der Waals surface area (Å²) in [5.74, 6) is 0.0188. The van der Waals surface area contributed by atoms with Crippen molar-refractivity contribution >= 4 is 33.9 Å². The second-order valence-electron chi connectivity index (χ2n) is 7.01. The van der Waals surface area contributed by atoms with Crippen LogP contribution in [0, 0.1) is 5.82 Å². The van der Waals surface area contributed by atoms with Crippen molar-refractivity contribution in [1.29, 1.82) is 0 Å². The van der Waals surface area contributed by atoms with Gasteiger partial charge in [-0.05, 0) is 30.3 Å². The number of nitrogens with zero attached hydrogens (tertiary/aromatic N) is 1. The Labute approximate surface area is 187 Å². The molecule has 0 saturated heterocycles. The van der Waals surface area contributed by atoms with Gasteiger partial charge in [-0.2, -0.15) is 0 Å². The van der Waals surface area contributed by atoms with E-state index in [4.69, 9.17) is 9.15 Å². The molecule has 0 saturated carbocycles. The standard InChI is InChI=1S/C25H17FN2O3S/c1-30-21-12-6-7-15-13-22(31-23(15)21)24(29)27-19-11-5-3-9-17(19)20-14-32-25(28-20)16-8-2-4-10-18(16)26/h2-14H,1H3,(H,27,29). The maximum absolute atomic E-state index is 14.2. The van der Waals surface area contributed by atoms with Crippen LogP contribution in [0.5, 0.6) is 5.75 Å². The molecule has 0 atom stereocenters. The molecule has 158 valence electrons. The van der Waals surface area contributed by atoms with Crippen molar-refractivity contribution in [2.24, 2.45) is 0 Å². The highest BCUT2D eigenvalue weighted by atomic mass is 32.1. The number of hydrogen-bond donors (Lipinski definition) is 1. The van der Waals surface area contributed by atoms with Crippen molar-refractivity contribution in [3.8, 4) is 27.6 Å². The SMILES string of the molecule is COc1cccc2cc(C(=O)Nc3ccccc3-c3csc(-c4ccccc4F)n3)oc12. The first-order valence-electron chi connectivity index (χ1n) is 9.82. The molecule has 5 aromatic rings. The molecule has 0 bridgehead atoms. The highest BCUT2D eigenvalue weighted by Crippen LogP contribution is 2.34. The van der Waals surface area contributed by atoms with Crippen molar-refractivity contribution in [2.75, 3.05) is 12.4 Å². The highest BCUT2D eigenvalue weighted by Gasteiger charge is 2.18. The third kappa shape index (κ3) is 3.63. The van der Waals surface area contributed by atoms with Gasteiger partial charge in [0.2, 0.25) is 0 Å². The van der Waals surface area contributed by atoms with Gasteiger partial charge in [-0.3, -0.25) is 4.79 Å². The second kappa shape index (κ2) is 8.28. The van der Waals surface area contributed by atoms with E-state index >= 15 is 0 Å². The quantitative estimate of drug-likeness (QED) is 0.331. The lowest BCUT2D eigenvalue weighted by Gasteiger charge is -2.08. The predicted octanol–water partition coefficient (Wildman–Crippen LogP) is 6.62. The van der Waals surface area contributed by atoms with E-state index in [2.05, 4.69) is 10.3 Å². The van der Waals surface area contributed by atoms with E-state index in [0.717, 1.165) is 10.9 Å². The number of fused-ring (bicyclic) bond motifs is 1. The third-order valence-electron chi connectivity index (χ3n) is 5.01. The van der Waals surface area contributed by atoms with E-state index < -0.39 is 0 Å². The molecule has 3 aromatic carbocycles. The third-order valence-corrected chi connectivity index (χ3v) is 5.89. The zero-order valence-corrected chi connectivity index (χ0v) is 17.8. The molecule has 0 aliphatic rings. The minimum Gasteiger partial charge on any atom is -0.493 e. The molecule has 0 spiro atoms. The highest BCUT2D eigenvalue weighted by molar-refractivity contribution is 7.13. The molecule has 5 nitrogen and oxygen atoms in total. The van der Waals surface area contributed by atoms with Crippen LogP contribution < -0.4 is 10.1 Å². The lowest BCUT2D eigenvalue weighted by molar-refractivity contribution is 0.0998. The normalized spacial score (nSPS) is 10.9. The molecule has 0 aliphatic heterocycles. The van der Waals surface area contributed by atoms with Gasteiger partial charge in [0, 0.05) is 21.9 Å². The van der Waals surface area contributed by atoms with Crippen LogP contribution in [0.1, 0.15) is 10.6 Å². The van der Waals surface area contributed by atoms with E-state index in [0.29, 0.717) is 33.3 Å². The van der Waals surface area contributed by atoms with E-state index in [1.807, 2.05) is 35.7 Å². The van der Waals surface area contributed by atoms with Gasteiger partial charge >= 0.3 is 0 Å². The maximum Gasteiger partial charge on any atom is 0.291 e. The molecule has 1 amide bonds. The van der Waals surface area contributed by atoms with Crippen molar-refractivity contribution in [3.63, 3.8) is 0 Å². The van der Waals surface area contributed by atoms with E-state index in [1.165, 1.54) is 17.4 Å². The molecule has 2 aromatic heterocycles. The number of amides is 1. The fraction of sp³-hybridized carbons (Fsp3) is 0.0400. The van der Waals surface area contributed by atoms with Crippen LogP contribution in [0.3, 0.4) is 0 Å². The van der Waals surface area contributed by atoms with Crippen molar-refractivity contribution in [1.82, 2.24) is 4.98 Å². The Kier molecular flexibility index (Phi) is 5.17. The number of para-hydroxylation sites is 2. The predicted molar refractivity (Wildman–Crippen MR) is 124 cm³/mol. The molecule has 32 heavy (non-hydrogen) atoms. The first-order chi connectivity index (χ1) is 15.6. The van der Waals surface area contributed by atoms with Gasteiger partial charge < -0.3 is 14.5 Å². The van der Waals surface area contributed by atoms with Crippen LogP contribution in [0.25, 0.3) is 32.8 Å². The van der Waals surface area contributed by atoms with Gasteiger partial charge in [-0.1, -0.05) is 42.5 Å². The molecule has 1 N–H and O–H groups in total. The maximum atomic E-state index is 14.2. The number of thiazole rings is 1. The smallest absolute Gasteiger partial charge is 0.291 e. The van der Waals surface area contributed by atoms with Crippen LogP contribution in [0.4, 0.5) is 10.1 Å². The van der Waals surface area contributed by atoms with Gasteiger partial charge in [0.15, 0.2) is 17.1 Å². The number of hydrogen-bond acceptors (Lipinski definition) is 5. The van der Waals surface area contributed by atoms with Gasteiger partial charge in [-0.15, -0.1) is 11.3 Å². The molecular formula is C25H17FN2O3S. The Morgan fingerprint density at radius 3 is 2.62 bits per heavy atom. The molecule has 0 fully saturated rings. The Morgan fingerprint density at radius 1 is 1.03 bits per heavy atom. The first kappa shape index (κ1) is 20.0. The van der Waals surface area contributed by atoms with Gasteiger partial charge in [0.25, 0.3) is 5.91 Å². The molecule has 0 unspecified atom stereocenters. The fourth-order valence-electron chi connectivity index (χ4n) is 3.46. The number of carbonyl (C=O) groups is 1. The average molecular weight is 444 g/mol. The Morgan fingerprint density at radius 2 is 1.81 bits per heavy atom. The minimum atomic E-state index is -0.389. The van der Waals surface area contributed by atoms with E-state index in [1.54, 1.807) is 43.5 Å². The summed E-state index contributed by atoms with van der Waals surface area (Å²) in [6, 6.07) is 21.0. The Bertz CT molecular complexity index is 1440. The topological polar surface area (TPSA) is 64.4 Å². The monoisotopic (exact) mass is 444 g/mol. The summed E-state index contributed by atoms with van der Waals surface area (Å²) in [6.07, 6.45) is 0. The van der Waals surface area contributed by atoms with E-state index in [9.17, 15) is 9.18 Å². The molecule has 7 heteroatoms. The molecule has 0 radical (unpaired) electrons. The summed E-state index contributed by atoms with van der Waals surface area (Å²) in [4.78, 5) is 17.5. The summed E-state index contributed by atoms with van der Waals surface area (Å²) >= 11 is 1.35. The number of anilines is 1. The van der Waals surface area contributed by atoms with Gasteiger partial charge in [0.1, 0.15) is 10.8 Å². The van der Waals surface area contributed by atoms with Crippen molar-refractivity contribution in [2.45, 2.75) is 0 Å². The van der Waals surface area contributed by atoms with Crippen LogP contribution in [-0.2, 0) is 0 Å². The van der Waals surface area contributed by atoms with Crippen molar-refractivity contribution in [3.05, 3.63) is 89.8 Å². The number of halogens is 1. The Hall–Kier alpha value is -3.97. The van der Waals surface area contributed by atoms with Crippen LogP contribution in [-0.4, -0.2) is 18.0 Å². The lowest BCUT2D eigenvalue weighted by atomic mass is 10.1. The number of ether oxygens (including phenoxy) is 1. The first-order valence-corrected chi connectivity index (χ1v) is 10.7. The summed E-state index contributed by atoms with van der Waals surface area (Å²) in [6.45, 7) is 0. The molecule has 5 rings (SSSR count). The molecular weight excluding hydrogens is 427 g/mol. The van der Waals surface area contributed by atoms with E-state index in [-0.39, 0.29) is 17.5 Å². The largest absolute Gasteiger partial charge is 0.493 e. The van der Waals surface area contributed by atoms with Crippen LogP contribution in [0.15, 0.2) is 82.6 Å². The summed E-state index contributed by atoms with van der Waals surface area (Å²) in [5.41, 5.74) is 2.92. The number of nitrogens with one attached hydrogen (secondary N) is 1. The van der Waals surface area contributed by atoms with Gasteiger partial charge in [0.05, 0.1) is 18.5 Å². The van der Waals surface area contributed by atoms with Crippen molar-refractivity contribution < 1.29 is 18.3 Å². The van der Waals surface area contributed by atoms with Crippen LogP contribution >= 0.6 is 11.3 Å². The molecule has 0 aliphatic carbocycles. The van der Waals surface area contributed by atoms with Gasteiger partial charge in [-0.25, -0.2) is 9.37 Å². The minimum absolute atomic E-state index is 0.171. The summed E-state index contributed by atoms with van der Waals surface area (Å²) < 4.78 is 25.2. The fourth-order valence-corrected chi connectivity index (χ4v) is 4.31. The molecule has 2 heterocycles. The number of rotatable bonds is 5. The average Bonchev–Trinajstić information content (AvgIpc) is 3.47. The van der Waals surface area contributed by atoms with Crippen LogP contribution in [0.2, 0.25) is 0 Å². The summed E-state index contributed by atoms with van der Waals surface area (Å²) in [5, 5.41) is 6.09.